The molecule has 154 valence electrons. The Balaban J connectivity index is 1.44. The standard InChI is InChI=1S/C23H37N5/c1-24-22(27-15-10-20-8-4-5-9-21(20)18-27)25-19-23(11-16-26(2)17-12-23)28-13-6-3-7-14-28/h4-5,8-9H,3,6-7,10-19H2,1-2H3,(H,24,25). The molecular formula is C23H37N5. The van der Waals surface area contributed by atoms with Crippen LogP contribution in [0.5, 0.6) is 0 Å². The van der Waals surface area contributed by atoms with Crippen molar-refractivity contribution < 1.29 is 0 Å². The van der Waals surface area contributed by atoms with Crippen LogP contribution in [-0.4, -0.2) is 79.6 Å². The van der Waals surface area contributed by atoms with E-state index in [0.717, 1.165) is 32.0 Å². The van der Waals surface area contributed by atoms with Gasteiger partial charge in [-0.3, -0.25) is 9.89 Å². The first-order valence-corrected chi connectivity index (χ1v) is 11.2. The largest absolute Gasteiger partial charge is 0.354 e. The average Bonchev–Trinajstić information content (AvgIpc) is 2.76. The molecule has 0 unspecified atom stereocenters. The monoisotopic (exact) mass is 383 g/mol. The lowest BCUT2D eigenvalue weighted by molar-refractivity contribution is 0.0169. The minimum atomic E-state index is 0.288. The highest BCUT2D eigenvalue weighted by Gasteiger charge is 2.40. The van der Waals surface area contributed by atoms with Gasteiger partial charge in [0.05, 0.1) is 0 Å². The third-order valence-electron chi connectivity index (χ3n) is 7.16. The molecule has 2 saturated heterocycles. The quantitative estimate of drug-likeness (QED) is 0.643. The van der Waals surface area contributed by atoms with Gasteiger partial charge in [0.1, 0.15) is 0 Å². The molecule has 0 amide bonds. The van der Waals surface area contributed by atoms with Gasteiger partial charge in [0.15, 0.2) is 5.96 Å². The van der Waals surface area contributed by atoms with Gasteiger partial charge in [0.25, 0.3) is 0 Å². The zero-order valence-electron chi connectivity index (χ0n) is 17.8. The molecule has 0 bridgehead atoms. The van der Waals surface area contributed by atoms with Gasteiger partial charge in [-0.1, -0.05) is 30.7 Å². The van der Waals surface area contributed by atoms with E-state index in [1.165, 1.54) is 69.4 Å². The number of piperidine rings is 2. The van der Waals surface area contributed by atoms with Crippen LogP contribution >= 0.6 is 0 Å². The van der Waals surface area contributed by atoms with Gasteiger partial charge in [-0.05, 0) is 76.5 Å². The highest BCUT2D eigenvalue weighted by Crippen LogP contribution is 2.31. The Morgan fingerprint density at radius 2 is 1.71 bits per heavy atom. The van der Waals surface area contributed by atoms with Crippen molar-refractivity contribution in [3.05, 3.63) is 35.4 Å². The fourth-order valence-corrected chi connectivity index (χ4v) is 5.26. The highest BCUT2D eigenvalue weighted by molar-refractivity contribution is 5.80. The first-order chi connectivity index (χ1) is 13.7. The van der Waals surface area contributed by atoms with Crippen LogP contribution in [0.3, 0.4) is 0 Å². The number of aliphatic imine (C=N–C) groups is 1. The molecule has 5 heteroatoms. The molecule has 3 heterocycles. The van der Waals surface area contributed by atoms with Crippen molar-refractivity contribution in [3.8, 4) is 0 Å². The lowest BCUT2D eigenvalue weighted by Crippen LogP contribution is -2.62. The summed E-state index contributed by atoms with van der Waals surface area (Å²) >= 11 is 0. The number of rotatable bonds is 3. The summed E-state index contributed by atoms with van der Waals surface area (Å²) in [6.45, 7) is 7.97. The maximum absolute atomic E-state index is 4.66. The number of fused-ring (bicyclic) bond motifs is 1. The molecule has 0 atom stereocenters. The van der Waals surface area contributed by atoms with Crippen molar-refractivity contribution in [3.63, 3.8) is 0 Å². The molecular weight excluding hydrogens is 346 g/mol. The van der Waals surface area contributed by atoms with Crippen LogP contribution in [0.25, 0.3) is 0 Å². The number of guanidine groups is 1. The van der Waals surface area contributed by atoms with Crippen LogP contribution in [0, 0.1) is 0 Å². The van der Waals surface area contributed by atoms with Crippen molar-refractivity contribution in [2.75, 3.05) is 53.4 Å². The first-order valence-electron chi connectivity index (χ1n) is 11.2. The summed E-state index contributed by atoms with van der Waals surface area (Å²) < 4.78 is 0. The molecule has 0 radical (unpaired) electrons. The maximum atomic E-state index is 4.66. The van der Waals surface area contributed by atoms with E-state index in [9.17, 15) is 0 Å². The van der Waals surface area contributed by atoms with Crippen LogP contribution in [0.2, 0.25) is 0 Å². The van der Waals surface area contributed by atoms with Crippen molar-refractivity contribution in [1.82, 2.24) is 20.0 Å². The topological polar surface area (TPSA) is 34.1 Å². The van der Waals surface area contributed by atoms with E-state index in [-0.39, 0.29) is 5.54 Å². The second-order valence-corrected chi connectivity index (χ2v) is 8.92. The Bertz CT molecular complexity index is 671. The smallest absolute Gasteiger partial charge is 0.194 e. The number of likely N-dealkylation sites (tertiary alicyclic amines) is 2. The number of nitrogens with zero attached hydrogens (tertiary/aromatic N) is 4. The number of benzene rings is 1. The molecule has 0 aromatic heterocycles. The van der Waals surface area contributed by atoms with Crippen LogP contribution in [-0.2, 0) is 13.0 Å². The summed E-state index contributed by atoms with van der Waals surface area (Å²) in [6.07, 6.45) is 7.74. The van der Waals surface area contributed by atoms with Crippen LogP contribution in [0.15, 0.2) is 29.3 Å². The summed E-state index contributed by atoms with van der Waals surface area (Å²) in [5, 5.41) is 3.81. The van der Waals surface area contributed by atoms with E-state index in [2.05, 4.69) is 56.3 Å². The summed E-state index contributed by atoms with van der Waals surface area (Å²) in [6, 6.07) is 8.85. The number of hydrogen-bond donors (Lipinski definition) is 1. The molecule has 3 aliphatic heterocycles. The third-order valence-corrected chi connectivity index (χ3v) is 7.16. The maximum Gasteiger partial charge on any atom is 0.194 e. The van der Waals surface area contributed by atoms with E-state index in [4.69, 9.17) is 0 Å². The number of nitrogens with one attached hydrogen (secondary N) is 1. The zero-order chi connectivity index (χ0) is 19.4. The van der Waals surface area contributed by atoms with Crippen molar-refractivity contribution in [1.29, 1.82) is 0 Å². The van der Waals surface area contributed by atoms with Crippen molar-refractivity contribution in [2.45, 2.75) is 50.6 Å². The zero-order valence-corrected chi connectivity index (χ0v) is 17.8. The fourth-order valence-electron chi connectivity index (χ4n) is 5.26. The Hall–Kier alpha value is -1.59. The average molecular weight is 384 g/mol. The number of hydrogen-bond acceptors (Lipinski definition) is 3. The van der Waals surface area contributed by atoms with Crippen LogP contribution < -0.4 is 5.32 Å². The Labute approximate surface area is 170 Å². The van der Waals surface area contributed by atoms with Gasteiger partial charge in [0, 0.05) is 32.2 Å². The molecule has 28 heavy (non-hydrogen) atoms. The second kappa shape index (κ2) is 8.83. The van der Waals surface area contributed by atoms with Gasteiger partial charge >= 0.3 is 0 Å². The lowest BCUT2D eigenvalue weighted by atomic mass is 9.84. The van der Waals surface area contributed by atoms with E-state index < -0.39 is 0 Å². The minimum Gasteiger partial charge on any atom is -0.354 e. The highest BCUT2D eigenvalue weighted by atomic mass is 15.3. The van der Waals surface area contributed by atoms with E-state index in [0.29, 0.717) is 0 Å². The molecule has 5 nitrogen and oxygen atoms in total. The van der Waals surface area contributed by atoms with Gasteiger partial charge in [-0.25, -0.2) is 0 Å². The Morgan fingerprint density at radius 3 is 2.43 bits per heavy atom. The van der Waals surface area contributed by atoms with E-state index in [1.807, 2.05) is 7.05 Å². The SMILES string of the molecule is CN=C(NCC1(N2CCCCC2)CCN(C)CC1)N1CCc2ccccc2C1. The predicted octanol–water partition coefficient (Wildman–Crippen LogP) is 2.57. The van der Waals surface area contributed by atoms with Gasteiger partial charge in [-0.15, -0.1) is 0 Å². The summed E-state index contributed by atoms with van der Waals surface area (Å²) in [5.74, 6) is 1.07. The normalized spacial score (nSPS) is 24.1. The van der Waals surface area contributed by atoms with Gasteiger partial charge in [-0.2, -0.15) is 0 Å². The third kappa shape index (κ3) is 4.20. The molecule has 4 rings (SSSR count). The Morgan fingerprint density at radius 1 is 1.00 bits per heavy atom. The molecule has 3 aliphatic rings. The van der Waals surface area contributed by atoms with E-state index >= 15 is 0 Å². The summed E-state index contributed by atoms with van der Waals surface area (Å²) in [7, 11) is 4.20. The predicted molar refractivity (Wildman–Crippen MR) is 117 cm³/mol. The summed E-state index contributed by atoms with van der Waals surface area (Å²) in [4.78, 5) is 12.4. The molecule has 1 aromatic rings. The summed E-state index contributed by atoms with van der Waals surface area (Å²) in [5.41, 5.74) is 3.23. The second-order valence-electron chi connectivity index (χ2n) is 8.92. The molecule has 1 N–H and O–H groups in total. The molecule has 0 aliphatic carbocycles. The molecule has 1 aromatic carbocycles. The first kappa shape index (κ1) is 19.7. The van der Waals surface area contributed by atoms with Crippen molar-refractivity contribution in [2.24, 2.45) is 4.99 Å². The minimum absolute atomic E-state index is 0.288. The van der Waals surface area contributed by atoms with Crippen LogP contribution in [0.1, 0.15) is 43.2 Å². The lowest BCUT2D eigenvalue weighted by Gasteiger charge is -2.50. The molecule has 0 saturated carbocycles. The van der Waals surface area contributed by atoms with E-state index in [1.54, 1.807) is 0 Å². The van der Waals surface area contributed by atoms with Gasteiger partial charge in [0.2, 0.25) is 0 Å². The van der Waals surface area contributed by atoms with Crippen molar-refractivity contribution >= 4 is 5.96 Å². The molecule has 2 fully saturated rings. The Kier molecular flexibility index (Phi) is 6.22. The fraction of sp³-hybridized carbons (Fsp3) is 0.696. The molecule has 0 spiro atoms. The van der Waals surface area contributed by atoms with Gasteiger partial charge < -0.3 is 15.1 Å². The van der Waals surface area contributed by atoms with Crippen LogP contribution in [0.4, 0.5) is 0 Å².